The predicted octanol–water partition coefficient (Wildman–Crippen LogP) is 2.88. The molecule has 0 bridgehead atoms. The van der Waals surface area contributed by atoms with Crippen LogP contribution in [-0.2, 0) is 10.4 Å². The highest BCUT2D eigenvalue weighted by molar-refractivity contribution is 9.10. The molecule has 1 atom stereocenters. The number of fused-ring (bicyclic) bond motifs is 1. The van der Waals surface area contributed by atoms with Crippen molar-refractivity contribution in [3.05, 3.63) is 52.0 Å². The zero-order valence-electron chi connectivity index (χ0n) is 13.6. The van der Waals surface area contributed by atoms with E-state index in [0.29, 0.717) is 27.2 Å². The van der Waals surface area contributed by atoms with E-state index in [0.717, 1.165) is 0 Å². The summed E-state index contributed by atoms with van der Waals surface area (Å²) < 4.78 is 11.0. The minimum atomic E-state index is -1.93. The molecule has 1 amide bonds. The van der Waals surface area contributed by atoms with Crippen molar-refractivity contribution in [2.24, 2.45) is 0 Å². The fourth-order valence-electron chi connectivity index (χ4n) is 2.85. The lowest BCUT2D eigenvalue weighted by Crippen LogP contribution is -2.36. The van der Waals surface area contributed by atoms with Gasteiger partial charge >= 0.3 is 0 Å². The van der Waals surface area contributed by atoms with Crippen LogP contribution in [0.4, 0.5) is 5.69 Å². The summed E-state index contributed by atoms with van der Waals surface area (Å²) in [5, 5.41) is 13.5. The number of benzene rings is 2. The molecule has 0 spiro atoms. The van der Waals surface area contributed by atoms with Crippen LogP contribution in [-0.4, -0.2) is 31.0 Å². The molecule has 2 N–H and O–H groups in total. The summed E-state index contributed by atoms with van der Waals surface area (Å²) in [6.45, 7) is 0. The van der Waals surface area contributed by atoms with E-state index in [4.69, 9.17) is 9.47 Å². The number of hydrogen-bond donors (Lipinski definition) is 2. The van der Waals surface area contributed by atoms with Gasteiger partial charge in [0.2, 0.25) is 0 Å². The van der Waals surface area contributed by atoms with Crippen LogP contribution in [0.3, 0.4) is 0 Å². The standard InChI is InChI=1S/C18H16BrNO5/c1-24-11-4-5-12(16(8-11)25-2)15(21)9-18(23)13-7-10(19)3-6-14(13)20-17(18)22/h3-8,23H,9H2,1-2H3,(H,20,22)/t18-/m1/s1. The number of methoxy groups -OCH3 is 2. The minimum Gasteiger partial charge on any atom is -0.497 e. The molecule has 0 saturated heterocycles. The molecule has 6 nitrogen and oxygen atoms in total. The Balaban J connectivity index is 1.96. The first kappa shape index (κ1) is 17.4. The largest absolute Gasteiger partial charge is 0.497 e. The third-order valence-corrected chi connectivity index (χ3v) is 4.67. The number of ether oxygens (including phenoxy) is 2. The monoisotopic (exact) mass is 405 g/mol. The number of Topliss-reactive ketones (excluding diaryl/α,β-unsaturated/α-hetero) is 1. The van der Waals surface area contributed by atoms with Crippen LogP contribution in [0.2, 0.25) is 0 Å². The average Bonchev–Trinajstić information content (AvgIpc) is 2.84. The molecule has 3 rings (SSSR count). The van der Waals surface area contributed by atoms with E-state index in [1.54, 1.807) is 36.4 Å². The van der Waals surface area contributed by atoms with Gasteiger partial charge in [0.05, 0.1) is 26.2 Å². The number of ketones is 1. The Kier molecular flexibility index (Phi) is 4.53. The van der Waals surface area contributed by atoms with Gasteiger partial charge in [-0.15, -0.1) is 0 Å². The van der Waals surface area contributed by atoms with Crippen LogP contribution < -0.4 is 14.8 Å². The van der Waals surface area contributed by atoms with E-state index in [9.17, 15) is 14.7 Å². The molecule has 2 aromatic rings. The highest BCUT2D eigenvalue weighted by Crippen LogP contribution is 2.41. The van der Waals surface area contributed by atoms with Gasteiger partial charge in [0.1, 0.15) is 11.5 Å². The second-order valence-electron chi connectivity index (χ2n) is 5.67. The SMILES string of the molecule is COc1ccc(C(=O)C[C@]2(O)C(=O)Nc3ccc(Br)cc32)c(OC)c1. The molecule has 0 aliphatic carbocycles. The van der Waals surface area contributed by atoms with Crippen molar-refractivity contribution in [1.82, 2.24) is 0 Å². The van der Waals surface area contributed by atoms with Crippen LogP contribution >= 0.6 is 15.9 Å². The van der Waals surface area contributed by atoms with E-state index < -0.39 is 23.7 Å². The summed E-state index contributed by atoms with van der Waals surface area (Å²) in [6, 6.07) is 9.81. The molecule has 1 aliphatic rings. The second kappa shape index (κ2) is 6.50. The van der Waals surface area contributed by atoms with Crippen LogP contribution in [0.5, 0.6) is 11.5 Å². The molecule has 0 saturated carbocycles. The number of rotatable bonds is 5. The molecule has 0 aromatic heterocycles. The highest BCUT2D eigenvalue weighted by atomic mass is 79.9. The quantitative estimate of drug-likeness (QED) is 0.747. The Bertz CT molecular complexity index is 867. The summed E-state index contributed by atoms with van der Waals surface area (Å²) in [5.41, 5.74) is -0.799. The fourth-order valence-corrected chi connectivity index (χ4v) is 3.21. The van der Waals surface area contributed by atoms with Gasteiger partial charge in [0, 0.05) is 21.8 Å². The minimum absolute atomic E-state index is 0.271. The molecule has 1 aliphatic heterocycles. The van der Waals surface area contributed by atoms with Gasteiger partial charge in [0.25, 0.3) is 5.91 Å². The average molecular weight is 406 g/mol. The summed E-state index contributed by atoms with van der Waals surface area (Å²) in [5.74, 6) is -0.174. The lowest BCUT2D eigenvalue weighted by molar-refractivity contribution is -0.133. The molecule has 2 aromatic carbocycles. The lowest BCUT2D eigenvalue weighted by atomic mass is 9.88. The van der Waals surface area contributed by atoms with Crippen LogP contribution in [0.25, 0.3) is 0 Å². The van der Waals surface area contributed by atoms with Crippen molar-refractivity contribution in [3.63, 3.8) is 0 Å². The molecule has 0 fully saturated rings. The Morgan fingerprint density at radius 1 is 1.20 bits per heavy atom. The Morgan fingerprint density at radius 3 is 2.64 bits per heavy atom. The van der Waals surface area contributed by atoms with Gasteiger partial charge in [-0.1, -0.05) is 15.9 Å². The number of hydrogen-bond acceptors (Lipinski definition) is 5. The van der Waals surface area contributed by atoms with E-state index >= 15 is 0 Å². The van der Waals surface area contributed by atoms with Crippen molar-refractivity contribution in [2.45, 2.75) is 12.0 Å². The first-order chi connectivity index (χ1) is 11.9. The second-order valence-corrected chi connectivity index (χ2v) is 6.59. The smallest absolute Gasteiger partial charge is 0.261 e. The summed E-state index contributed by atoms with van der Waals surface area (Å²) >= 11 is 3.32. The van der Waals surface area contributed by atoms with E-state index in [-0.39, 0.29) is 5.56 Å². The molecular weight excluding hydrogens is 390 g/mol. The molecule has 25 heavy (non-hydrogen) atoms. The lowest BCUT2D eigenvalue weighted by Gasteiger charge is -2.21. The van der Waals surface area contributed by atoms with Gasteiger partial charge in [-0.25, -0.2) is 0 Å². The third kappa shape index (κ3) is 3.01. The van der Waals surface area contributed by atoms with Gasteiger partial charge in [-0.05, 0) is 30.3 Å². The van der Waals surface area contributed by atoms with Crippen LogP contribution in [0.1, 0.15) is 22.3 Å². The number of anilines is 1. The first-order valence-corrected chi connectivity index (χ1v) is 8.27. The van der Waals surface area contributed by atoms with Crippen molar-refractivity contribution >= 4 is 33.3 Å². The maximum atomic E-state index is 12.8. The third-order valence-electron chi connectivity index (χ3n) is 4.18. The number of carbonyl (C=O) groups excluding carboxylic acids is 2. The van der Waals surface area contributed by atoms with Gasteiger partial charge in [-0.3, -0.25) is 9.59 Å². The Morgan fingerprint density at radius 2 is 1.96 bits per heavy atom. The van der Waals surface area contributed by atoms with Crippen molar-refractivity contribution in [1.29, 1.82) is 0 Å². The van der Waals surface area contributed by atoms with E-state index in [2.05, 4.69) is 21.2 Å². The molecule has 7 heteroatoms. The molecule has 130 valence electrons. The fraction of sp³-hybridized carbons (Fsp3) is 0.222. The van der Waals surface area contributed by atoms with Crippen LogP contribution in [0, 0.1) is 0 Å². The number of amides is 1. The number of aliphatic hydroxyl groups is 1. The molecule has 1 heterocycles. The number of halogens is 1. The van der Waals surface area contributed by atoms with E-state index in [1.165, 1.54) is 14.2 Å². The Labute approximate surface area is 152 Å². The zero-order chi connectivity index (χ0) is 18.2. The van der Waals surface area contributed by atoms with E-state index in [1.807, 2.05) is 0 Å². The number of carbonyl (C=O) groups is 2. The predicted molar refractivity (Wildman–Crippen MR) is 95.2 cm³/mol. The van der Waals surface area contributed by atoms with Crippen molar-refractivity contribution in [3.8, 4) is 11.5 Å². The van der Waals surface area contributed by atoms with Gasteiger partial charge in [0.15, 0.2) is 11.4 Å². The highest BCUT2D eigenvalue weighted by Gasteiger charge is 2.47. The zero-order valence-corrected chi connectivity index (χ0v) is 15.2. The normalized spacial score (nSPS) is 18.5. The van der Waals surface area contributed by atoms with Gasteiger partial charge < -0.3 is 19.9 Å². The Hall–Kier alpha value is -2.38. The van der Waals surface area contributed by atoms with Gasteiger partial charge in [-0.2, -0.15) is 0 Å². The maximum absolute atomic E-state index is 12.8. The summed E-state index contributed by atoms with van der Waals surface area (Å²) in [7, 11) is 2.95. The molecule has 0 radical (unpaired) electrons. The number of nitrogens with one attached hydrogen (secondary N) is 1. The van der Waals surface area contributed by atoms with Crippen molar-refractivity contribution < 1.29 is 24.2 Å². The summed E-state index contributed by atoms with van der Waals surface area (Å²) in [6.07, 6.45) is -0.398. The first-order valence-electron chi connectivity index (χ1n) is 7.48. The topological polar surface area (TPSA) is 84.9 Å². The maximum Gasteiger partial charge on any atom is 0.261 e. The molecular formula is C18H16BrNO5. The summed E-state index contributed by atoms with van der Waals surface area (Å²) in [4.78, 5) is 25.1. The molecule has 0 unspecified atom stereocenters. The van der Waals surface area contributed by atoms with Crippen LogP contribution in [0.15, 0.2) is 40.9 Å². The van der Waals surface area contributed by atoms with Crippen molar-refractivity contribution in [2.75, 3.05) is 19.5 Å².